The van der Waals surface area contributed by atoms with Gasteiger partial charge in [0.05, 0.1) is 29.9 Å². The summed E-state index contributed by atoms with van der Waals surface area (Å²) in [4.78, 5) is 39.4. The lowest BCUT2D eigenvalue weighted by Gasteiger charge is -2.29. The normalized spacial score (nSPS) is 17.8. The predicted molar refractivity (Wildman–Crippen MR) is 124 cm³/mol. The van der Waals surface area contributed by atoms with Crippen molar-refractivity contribution < 1.29 is 37.4 Å². The monoisotopic (exact) mass is 504 g/mol. The van der Waals surface area contributed by atoms with Crippen LogP contribution in [0.4, 0.5) is 28.4 Å². The molecule has 4 N–H and O–H groups in total. The number of anilines is 1. The maximum atomic E-state index is 13.3. The van der Waals surface area contributed by atoms with Crippen molar-refractivity contribution in [3.63, 3.8) is 0 Å². The number of nitrogens with zero attached hydrogens (tertiary/aromatic N) is 2. The van der Waals surface area contributed by atoms with Gasteiger partial charge in [-0.1, -0.05) is 30.3 Å². The van der Waals surface area contributed by atoms with Crippen LogP contribution in [0.15, 0.2) is 54.7 Å². The molecule has 0 unspecified atom stereocenters. The van der Waals surface area contributed by atoms with Crippen molar-refractivity contribution in [3.05, 3.63) is 60.3 Å². The number of nitrogens with two attached hydrogens (primary N) is 1. The van der Waals surface area contributed by atoms with E-state index in [1.165, 1.54) is 27.8 Å². The van der Waals surface area contributed by atoms with Crippen LogP contribution in [0.3, 0.4) is 0 Å². The number of Topliss-reactive ketones (excluding diaryl/α,β-unsaturated/α-hetero) is 1. The summed E-state index contributed by atoms with van der Waals surface area (Å²) in [5.41, 5.74) is 6.49. The highest BCUT2D eigenvalue weighted by molar-refractivity contribution is 6.05. The molecule has 1 aliphatic heterocycles. The molecule has 0 spiro atoms. The number of carbonyl (C=O) groups is 3. The number of amides is 3. The largest absolute Gasteiger partial charge is 0.573 e. The Bertz CT molecular complexity index is 1310. The first-order valence-corrected chi connectivity index (χ1v) is 11.0. The molecule has 2 aromatic carbocycles. The molecule has 0 bridgehead atoms. The third-order valence-corrected chi connectivity index (χ3v) is 6.02. The molecule has 0 aliphatic carbocycles. The van der Waals surface area contributed by atoms with Crippen molar-refractivity contribution >= 4 is 34.4 Å². The number of rotatable bonds is 6. The van der Waals surface area contributed by atoms with Gasteiger partial charge in [-0.3, -0.25) is 9.36 Å². The van der Waals surface area contributed by atoms with Gasteiger partial charge in [-0.25, -0.2) is 9.59 Å². The number of halogens is 3. The molecule has 3 aromatic rings. The number of benzene rings is 2. The predicted octanol–water partition coefficient (Wildman–Crippen LogP) is 3.64. The number of fused-ring (bicyclic) bond motifs is 1. The highest BCUT2D eigenvalue weighted by Gasteiger charge is 2.40. The van der Waals surface area contributed by atoms with E-state index in [9.17, 15) is 32.7 Å². The number of hydrogen-bond acceptors (Lipinski definition) is 5. The minimum Gasteiger partial charge on any atom is -0.406 e. The van der Waals surface area contributed by atoms with E-state index in [0.29, 0.717) is 28.6 Å². The first-order valence-electron chi connectivity index (χ1n) is 11.0. The lowest BCUT2D eigenvalue weighted by atomic mass is 10.0. The summed E-state index contributed by atoms with van der Waals surface area (Å²) in [7, 11) is 0. The van der Waals surface area contributed by atoms with Gasteiger partial charge in [-0.2, -0.15) is 0 Å². The van der Waals surface area contributed by atoms with Crippen molar-refractivity contribution in [2.24, 2.45) is 5.73 Å². The highest BCUT2D eigenvalue weighted by atomic mass is 19.4. The number of aromatic nitrogens is 1. The van der Waals surface area contributed by atoms with Gasteiger partial charge >= 0.3 is 18.4 Å². The topological polar surface area (TPSA) is 127 Å². The van der Waals surface area contributed by atoms with E-state index in [1.54, 1.807) is 24.3 Å². The molecule has 0 saturated carbocycles. The molecule has 12 heteroatoms. The number of nitrogens with one attached hydrogen (secondary N) is 1. The third kappa shape index (κ3) is 5.28. The number of para-hydroxylation sites is 1. The van der Waals surface area contributed by atoms with Crippen LogP contribution in [0, 0.1) is 0 Å². The van der Waals surface area contributed by atoms with Crippen LogP contribution in [0.25, 0.3) is 10.9 Å². The zero-order chi connectivity index (χ0) is 26.0. The van der Waals surface area contributed by atoms with Gasteiger partial charge in [0.1, 0.15) is 5.75 Å². The molecule has 190 valence electrons. The summed E-state index contributed by atoms with van der Waals surface area (Å²) in [6, 6.07) is 8.91. The van der Waals surface area contributed by atoms with Crippen LogP contribution in [0.2, 0.25) is 0 Å². The average molecular weight is 504 g/mol. The second-order valence-corrected chi connectivity index (χ2v) is 8.37. The standard InChI is InChI=1S/C24H23F3N4O5/c25-24(26,27)36-16-5-3-4-14(10-16)11-21(33)20-9-8-15(13-32)31(20)23(35)29-18-12-30(22(28)34)19-7-2-1-6-17(18)19/h1-7,10,12,15,20,32H,8-9,11,13H2,(H2,28,34)(H,29,35)/t15-,20+/m1/s1. The summed E-state index contributed by atoms with van der Waals surface area (Å²) in [5, 5.41) is 13.1. The van der Waals surface area contributed by atoms with Gasteiger partial charge in [0.2, 0.25) is 0 Å². The summed E-state index contributed by atoms with van der Waals surface area (Å²) < 4.78 is 42.7. The van der Waals surface area contributed by atoms with Crippen LogP contribution in [-0.2, 0) is 11.2 Å². The highest BCUT2D eigenvalue weighted by Crippen LogP contribution is 2.30. The number of primary amides is 1. The number of aliphatic hydroxyl groups is 1. The van der Waals surface area contributed by atoms with Gasteiger partial charge in [-0.15, -0.1) is 13.2 Å². The molecule has 4 rings (SSSR count). The van der Waals surface area contributed by atoms with Crippen molar-refractivity contribution in [1.29, 1.82) is 0 Å². The van der Waals surface area contributed by atoms with Crippen LogP contribution >= 0.6 is 0 Å². The van der Waals surface area contributed by atoms with Crippen molar-refractivity contribution in [2.75, 3.05) is 11.9 Å². The van der Waals surface area contributed by atoms with Gasteiger partial charge in [0.15, 0.2) is 5.78 Å². The number of alkyl halides is 3. The first kappa shape index (κ1) is 25.0. The number of ether oxygens (including phenoxy) is 1. The summed E-state index contributed by atoms with van der Waals surface area (Å²) in [6.07, 6.45) is -3.09. The molecule has 1 saturated heterocycles. The number of aliphatic hydroxyl groups excluding tert-OH is 1. The second kappa shape index (κ2) is 9.90. The summed E-state index contributed by atoms with van der Waals surface area (Å²) >= 11 is 0. The van der Waals surface area contributed by atoms with Gasteiger partial charge in [0, 0.05) is 18.0 Å². The van der Waals surface area contributed by atoms with Crippen molar-refractivity contribution in [3.8, 4) is 5.75 Å². The Morgan fingerprint density at radius 2 is 1.86 bits per heavy atom. The zero-order valence-corrected chi connectivity index (χ0v) is 18.9. The molecule has 1 fully saturated rings. The van der Waals surface area contributed by atoms with Gasteiger partial charge in [-0.05, 0) is 36.6 Å². The summed E-state index contributed by atoms with van der Waals surface area (Å²) in [6.45, 7) is -0.380. The molecular weight excluding hydrogens is 481 g/mol. The summed E-state index contributed by atoms with van der Waals surface area (Å²) in [5.74, 6) is -0.849. The Kier molecular flexibility index (Phi) is 6.88. The van der Waals surface area contributed by atoms with Gasteiger partial charge in [0.25, 0.3) is 0 Å². The lowest BCUT2D eigenvalue weighted by molar-refractivity contribution is -0.274. The van der Waals surface area contributed by atoms with Crippen LogP contribution in [-0.4, -0.2) is 57.5 Å². The molecular formula is C24H23F3N4O5. The lowest BCUT2D eigenvalue weighted by Crippen LogP contribution is -2.48. The van der Waals surface area contributed by atoms with Gasteiger partial charge < -0.3 is 25.8 Å². The fraction of sp³-hybridized carbons (Fsp3) is 0.292. The number of likely N-dealkylation sites (tertiary alicyclic amines) is 1. The Morgan fingerprint density at radius 1 is 1.11 bits per heavy atom. The Hall–Kier alpha value is -4.06. The molecule has 1 aromatic heterocycles. The van der Waals surface area contributed by atoms with Crippen LogP contribution < -0.4 is 15.8 Å². The number of carbonyl (C=O) groups excluding carboxylic acids is 3. The number of ketones is 1. The zero-order valence-electron chi connectivity index (χ0n) is 18.9. The molecule has 0 radical (unpaired) electrons. The fourth-order valence-corrected chi connectivity index (χ4v) is 4.50. The SMILES string of the molecule is NC(=O)n1cc(NC(=O)N2[C@@H](CO)CC[C@H]2C(=O)Cc2cccc(OC(F)(F)F)c2)c2ccccc21. The second-order valence-electron chi connectivity index (χ2n) is 8.37. The molecule has 1 aliphatic rings. The smallest absolute Gasteiger partial charge is 0.406 e. The van der Waals surface area contributed by atoms with Crippen molar-refractivity contribution in [1.82, 2.24) is 9.47 Å². The fourth-order valence-electron chi connectivity index (χ4n) is 4.50. The maximum Gasteiger partial charge on any atom is 0.573 e. The van der Waals surface area contributed by atoms with E-state index in [4.69, 9.17) is 5.73 Å². The molecule has 9 nitrogen and oxygen atoms in total. The van der Waals surface area contributed by atoms with Crippen LogP contribution in [0.5, 0.6) is 5.75 Å². The quantitative estimate of drug-likeness (QED) is 0.473. The first-order chi connectivity index (χ1) is 17.1. The van der Waals surface area contributed by atoms with Crippen LogP contribution in [0.1, 0.15) is 18.4 Å². The third-order valence-electron chi connectivity index (χ3n) is 6.02. The minimum atomic E-state index is -4.87. The molecule has 2 heterocycles. The van der Waals surface area contributed by atoms with E-state index >= 15 is 0 Å². The number of urea groups is 1. The van der Waals surface area contributed by atoms with E-state index in [2.05, 4.69) is 10.1 Å². The molecule has 36 heavy (non-hydrogen) atoms. The Morgan fingerprint density at radius 3 is 2.56 bits per heavy atom. The van der Waals surface area contributed by atoms with E-state index in [1.807, 2.05) is 0 Å². The Balaban J connectivity index is 1.54. The molecule has 3 amide bonds. The molecule has 2 atom stereocenters. The number of hydrogen-bond donors (Lipinski definition) is 3. The average Bonchev–Trinajstić information content (AvgIpc) is 3.40. The van der Waals surface area contributed by atoms with Crippen molar-refractivity contribution in [2.45, 2.75) is 37.7 Å². The Labute approximate surface area is 203 Å². The van der Waals surface area contributed by atoms with E-state index < -0.39 is 42.0 Å². The minimum absolute atomic E-state index is 0.233. The maximum absolute atomic E-state index is 13.3. The van der Waals surface area contributed by atoms with E-state index in [-0.39, 0.29) is 19.4 Å². The van der Waals surface area contributed by atoms with E-state index in [0.717, 1.165) is 12.1 Å².